The minimum atomic E-state index is -0.804. The molecule has 2 amide bonds. The van der Waals surface area contributed by atoms with E-state index in [2.05, 4.69) is 21.2 Å². The van der Waals surface area contributed by atoms with Crippen LogP contribution >= 0.6 is 27.5 Å². The van der Waals surface area contributed by atoms with Gasteiger partial charge in [-0.1, -0.05) is 29.8 Å². The molecule has 29 heavy (non-hydrogen) atoms. The normalized spacial score (nSPS) is 11.8. The van der Waals surface area contributed by atoms with E-state index in [0.717, 1.165) is 0 Å². The van der Waals surface area contributed by atoms with Crippen LogP contribution in [0.1, 0.15) is 26.3 Å². The quantitative estimate of drug-likeness (QED) is 0.596. The maximum atomic E-state index is 14.1. The largest absolute Gasteiger partial charge is 0.483 e. The number of carbonyl (C=O) groups is 2. The van der Waals surface area contributed by atoms with Crippen molar-refractivity contribution in [3.63, 3.8) is 0 Å². The Morgan fingerprint density at radius 2 is 1.90 bits per heavy atom. The molecule has 0 bridgehead atoms. The van der Waals surface area contributed by atoms with Crippen LogP contribution in [0.15, 0.2) is 46.9 Å². The second-order valence-electron chi connectivity index (χ2n) is 6.82. The SMILES string of the molecule is CC(C)NC(=O)[C@H](C)N(Cc1ccccc1F)C(=O)COc1ccc(Cl)cc1Br. The van der Waals surface area contributed by atoms with E-state index in [0.29, 0.717) is 20.8 Å². The molecule has 2 aromatic carbocycles. The molecule has 2 aromatic rings. The van der Waals surface area contributed by atoms with Gasteiger partial charge in [0.1, 0.15) is 17.6 Å². The number of rotatable bonds is 8. The molecule has 1 atom stereocenters. The second kappa shape index (κ2) is 10.6. The summed E-state index contributed by atoms with van der Waals surface area (Å²) < 4.78 is 20.3. The molecule has 0 aliphatic heterocycles. The van der Waals surface area contributed by atoms with Crippen molar-refractivity contribution in [1.82, 2.24) is 10.2 Å². The fraction of sp³-hybridized carbons (Fsp3) is 0.333. The summed E-state index contributed by atoms with van der Waals surface area (Å²) in [4.78, 5) is 26.7. The number of halogens is 3. The zero-order valence-electron chi connectivity index (χ0n) is 16.4. The van der Waals surface area contributed by atoms with E-state index >= 15 is 0 Å². The molecule has 0 saturated carbocycles. The Morgan fingerprint density at radius 1 is 1.21 bits per heavy atom. The van der Waals surface area contributed by atoms with Gasteiger partial charge in [0.15, 0.2) is 6.61 Å². The average molecular weight is 486 g/mol. The molecule has 0 aromatic heterocycles. The van der Waals surface area contributed by atoms with Crippen LogP contribution in [0.3, 0.4) is 0 Å². The van der Waals surface area contributed by atoms with Crippen molar-refractivity contribution in [3.05, 3.63) is 63.3 Å². The lowest BCUT2D eigenvalue weighted by molar-refractivity contribution is -0.142. The molecule has 5 nitrogen and oxygen atoms in total. The molecule has 0 aliphatic carbocycles. The lowest BCUT2D eigenvalue weighted by Crippen LogP contribution is -2.50. The minimum Gasteiger partial charge on any atom is -0.483 e. The molecule has 0 unspecified atom stereocenters. The van der Waals surface area contributed by atoms with Gasteiger partial charge in [-0.15, -0.1) is 0 Å². The van der Waals surface area contributed by atoms with Gasteiger partial charge in [-0.2, -0.15) is 0 Å². The number of benzene rings is 2. The van der Waals surface area contributed by atoms with Crippen LogP contribution in [-0.2, 0) is 16.1 Å². The molecular formula is C21H23BrClFN2O3. The highest BCUT2D eigenvalue weighted by atomic mass is 79.9. The summed E-state index contributed by atoms with van der Waals surface area (Å²) in [6.45, 7) is 4.90. The topological polar surface area (TPSA) is 58.6 Å². The monoisotopic (exact) mass is 484 g/mol. The first-order valence-corrected chi connectivity index (χ1v) is 10.3. The first-order valence-electron chi connectivity index (χ1n) is 9.10. The van der Waals surface area contributed by atoms with Gasteiger partial charge >= 0.3 is 0 Å². The number of amides is 2. The van der Waals surface area contributed by atoms with E-state index < -0.39 is 17.8 Å². The zero-order valence-corrected chi connectivity index (χ0v) is 18.8. The molecule has 0 heterocycles. The number of carbonyl (C=O) groups excluding carboxylic acids is 2. The summed E-state index contributed by atoms with van der Waals surface area (Å²) in [6.07, 6.45) is 0. The van der Waals surface area contributed by atoms with Crippen molar-refractivity contribution in [2.24, 2.45) is 0 Å². The van der Waals surface area contributed by atoms with Gasteiger partial charge in [-0.05, 0) is 61.0 Å². The lowest BCUT2D eigenvalue weighted by atomic mass is 10.1. The van der Waals surface area contributed by atoms with Crippen LogP contribution < -0.4 is 10.1 Å². The fourth-order valence-electron chi connectivity index (χ4n) is 2.61. The molecule has 0 fully saturated rings. The van der Waals surface area contributed by atoms with Gasteiger partial charge in [-0.25, -0.2) is 4.39 Å². The third-order valence-electron chi connectivity index (χ3n) is 4.14. The summed E-state index contributed by atoms with van der Waals surface area (Å²) in [5, 5.41) is 3.30. The Hall–Kier alpha value is -2.12. The van der Waals surface area contributed by atoms with Gasteiger partial charge in [0.05, 0.1) is 4.47 Å². The first kappa shape index (κ1) is 23.2. The highest BCUT2D eigenvalue weighted by molar-refractivity contribution is 9.10. The van der Waals surface area contributed by atoms with Crippen LogP contribution in [0.4, 0.5) is 4.39 Å². The molecule has 0 aliphatic rings. The Balaban J connectivity index is 2.19. The van der Waals surface area contributed by atoms with Gasteiger partial charge in [0.2, 0.25) is 5.91 Å². The molecule has 0 radical (unpaired) electrons. The predicted octanol–water partition coefficient (Wildman–Crippen LogP) is 4.56. The summed E-state index contributed by atoms with van der Waals surface area (Å²) in [5.41, 5.74) is 0.317. The first-order chi connectivity index (χ1) is 13.7. The van der Waals surface area contributed by atoms with Crippen LogP contribution in [0.25, 0.3) is 0 Å². The highest BCUT2D eigenvalue weighted by Crippen LogP contribution is 2.28. The van der Waals surface area contributed by atoms with E-state index in [4.69, 9.17) is 16.3 Å². The van der Waals surface area contributed by atoms with Crippen LogP contribution in [0.5, 0.6) is 5.75 Å². The molecule has 2 rings (SSSR count). The molecule has 0 saturated heterocycles. The number of ether oxygens (including phenoxy) is 1. The Bertz CT molecular complexity index is 879. The van der Waals surface area contributed by atoms with Crippen molar-refractivity contribution in [1.29, 1.82) is 0 Å². The van der Waals surface area contributed by atoms with Gasteiger partial charge in [0, 0.05) is 23.2 Å². The van der Waals surface area contributed by atoms with Gasteiger partial charge < -0.3 is 15.0 Å². The molecule has 0 spiro atoms. The zero-order chi connectivity index (χ0) is 21.6. The van der Waals surface area contributed by atoms with Gasteiger partial charge in [0.25, 0.3) is 5.91 Å². The summed E-state index contributed by atoms with van der Waals surface area (Å²) in [5.74, 6) is -0.769. The van der Waals surface area contributed by atoms with E-state index in [-0.39, 0.29) is 25.1 Å². The van der Waals surface area contributed by atoms with Crippen molar-refractivity contribution < 1.29 is 18.7 Å². The van der Waals surface area contributed by atoms with E-state index in [1.54, 1.807) is 43.3 Å². The predicted molar refractivity (Wildman–Crippen MR) is 114 cm³/mol. The van der Waals surface area contributed by atoms with E-state index in [1.165, 1.54) is 11.0 Å². The van der Waals surface area contributed by atoms with Crippen LogP contribution in [0.2, 0.25) is 5.02 Å². The number of hydrogen-bond acceptors (Lipinski definition) is 3. The average Bonchev–Trinajstić information content (AvgIpc) is 2.65. The van der Waals surface area contributed by atoms with Gasteiger partial charge in [-0.3, -0.25) is 9.59 Å². The van der Waals surface area contributed by atoms with Crippen molar-refractivity contribution in [2.75, 3.05) is 6.61 Å². The third-order valence-corrected chi connectivity index (χ3v) is 5.00. The minimum absolute atomic E-state index is 0.0522. The third kappa shape index (κ3) is 6.72. The van der Waals surface area contributed by atoms with Crippen LogP contribution in [0, 0.1) is 5.82 Å². The Morgan fingerprint density at radius 3 is 2.52 bits per heavy atom. The smallest absolute Gasteiger partial charge is 0.261 e. The maximum Gasteiger partial charge on any atom is 0.261 e. The Kier molecular flexibility index (Phi) is 8.46. The van der Waals surface area contributed by atoms with E-state index in [1.807, 2.05) is 13.8 Å². The van der Waals surface area contributed by atoms with Crippen molar-refractivity contribution >= 4 is 39.3 Å². The number of nitrogens with zero attached hydrogens (tertiary/aromatic N) is 1. The van der Waals surface area contributed by atoms with Crippen LogP contribution in [-0.4, -0.2) is 35.4 Å². The Labute approximate surface area is 183 Å². The molecular weight excluding hydrogens is 463 g/mol. The molecule has 8 heteroatoms. The summed E-state index contributed by atoms with van der Waals surface area (Å²) in [7, 11) is 0. The number of hydrogen-bond donors (Lipinski definition) is 1. The van der Waals surface area contributed by atoms with Crippen molar-refractivity contribution in [2.45, 2.75) is 39.4 Å². The molecule has 156 valence electrons. The van der Waals surface area contributed by atoms with E-state index in [9.17, 15) is 14.0 Å². The van der Waals surface area contributed by atoms with Crippen molar-refractivity contribution in [3.8, 4) is 5.75 Å². The summed E-state index contributed by atoms with van der Waals surface area (Å²) in [6, 6.07) is 10.2. The molecule has 1 N–H and O–H groups in total. The highest BCUT2D eigenvalue weighted by Gasteiger charge is 2.27. The number of nitrogens with one attached hydrogen (secondary N) is 1. The maximum absolute atomic E-state index is 14.1. The second-order valence-corrected chi connectivity index (χ2v) is 8.11. The standard InChI is InChI=1S/C21H23BrClFN2O3/c1-13(2)25-21(28)14(3)26(11-15-6-4-5-7-18(15)24)20(27)12-29-19-9-8-16(23)10-17(19)22/h4-10,13-14H,11-12H2,1-3H3,(H,25,28)/t14-/m0/s1. The fourth-order valence-corrected chi connectivity index (χ4v) is 3.41. The summed E-state index contributed by atoms with van der Waals surface area (Å²) >= 11 is 9.24. The lowest BCUT2D eigenvalue weighted by Gasteiger charge is -2.29.